The lowest BCUT2D eigenvalue weighted by molar-refractivity contribution is 0.102. The molecule has 1 N–H and O–H groups in total. The van der Waals surface area contributed by atoms with Crippen molar-refractivity contribution in [1.29, 1.82) is 0 Å². The summed E-state index contributed by atoms with van der Waals surface area (Å²) >= 11 is 5.78. The van der Waals surface area contributed by atoms with Gasteiger partial charge in [0.05, 0.1) is 6.10 Å². The summed E-state index contributed by atoms with van der Waals surface area (Å²) in [7, 11) is 0. The van der Waals surface area contributed by atoms with Crippen LogP contribution in [-0.2, 0) is 0 Å². The maximum absolute atomic E-state index is 12.1. The van der Waals surface area contributed by atoms with Gasteiger partial charge in [-0.05, 0) is 37.6 Å². The number of rotatable bonds is 5. The normalized spacial score (nSPS) is 11.8. The molecule has 2 rings (SSSR count). The highest BCUT2D eigenvalue weighted by atomic mass is 35.5. The minimum absolute atomic E-state index is 0.134. The van der Waals surface area contributed by atoms with Gasteiger partial charge in [0.25, 0.3) is 5.91 Å². The maximum Gasteiger partial charge on any atom is 0.255 e. The average Bonchev–Trinajstić information content (AvgIpc) is 2.47. The number of carbonyl (C=O) groups excluding carboxylic acids is 1. The van der Waals surface area contributed by atoms with Crippen molar-refractivity contribution in [2.75, 3.05) is 5.32 Å². The third kappa shape index (κ3) is 4.46. The zero-order valence-electron chi connectivity index (χ0n) is 12.0. The van der Waals surface area contributed by atoms with Crippen LogP contribution in [0.3, 0.4) is 0 Å². The Morgan fingerprint density at radius 3 is 2.90 bits per heavy atom. The third-order valence-electron chi connectivity index (χ3n) is 2.99. The SMILES string of the molecule is CCC(C)Oc1cccc(NC(=O)c2ccnc(Cl)c2)c1. The highest BCUT2D eigenvalue weighted by molar-refractivity contribution is 6.29. The van der Waals surface area contributed by atoms with Gasteiger partial charge in [0, 0.05) is 23.5 Å². The zero-order valence-corrected chi connectivity index (χ0v) is 12.7. The van der Waals surface area contributed by atoms with Crippen LogP contribution in [-0.4, -0.2) is 17.0 Å². The number of benzene rings is 1. The van der Waals surface area contributed by atoms with E-state index in [0.717, 1.165) is 12.2 Å². The number of nitrogens with one attached hydrogen (secondary N) is 1. The molecule has 0 spiro atoms. The van der Waals surface area contributed by atoms with Crippen molar-refractivity contribution in [3.8, 4) is 5.75 Å². The quantitative estimate of drug-likeness (QED) is 0.844. The fraction of sp³-hybridized carbons (Fsp3) is 0.250. The molecule has 0 saturated carbocycles. The van der Waals surface area contributed by atoms with Gasteiger partial charge < -0.3 is 10.1 Å². The zero-order chi connectivity index (χ0) is 15.2. The number of carbonyl (C=O) groups is 1. The Kier molecular flexibility index (Phi) is 5.17. The van der Waals surface area contributed by atoms with E-state index in [4.69, 9.17) is 16.3 Å². The summed E-state index contributed by atoms with van der Waals surface area (Å²) in [6.45, 7) is 4.06. The topological polar surface area (TPSA) is 51.2 Å². The van der Waals surface area contributed by atoms with E-state index in [1.54, 1.807) is 12.1 Å². The summed E-state index contributed by atoms with van der Waals surface area (Å²) in [6, 6.07) is 10.5. The largest absolute Gasteiger partial charge is 0.491 e. The molecule has 1 amide bonds. The van der Waals surface area contributed by atoms with Crippen LogP contribution in [0.5, 0.6) is 5.75 Å². The molecule has 1 heterocycles. The van der Waals surface area contributed by atoms with E-state index < -0.39 is 0 Å². The van der Waals surface area contributed by atoms with E-state index >= 15 is 0 Å². The molecule has 0 saturated heterocycles. The number of pyridine rings is 1. The van der Waals surface area contributed by atoms with Gasteiger partial charge in [0.1, 0.15) is 10.9 Å². The Hall–Kier alpha value is -2.07. The van der Waals surface area contributed by atoms with Crippen LogP contribution in [0.4, 0.5) is 5.69 Å². The Balaban J connectivity index is 2.09. The van der Waals surface area contributed by atoms with Crippen LogP contribution >= 0.6 is 11.6 Å². The lowest BCUT2D eigenvalue weighted by Gasteiger charge is -2.13. The van der Waals surface area contributed by atoms with Gasteiger partial charge in [0.2, 0.25) is 0 Å². The molecule has 5 heteroatoms. The second-order valence-electron chi connectivity index (χ2n) is 4.69. The number of ether oxygens (including phenoxy) is 1. The molecule has 4 nitrogen and oxygen atoms in total. The molecule has 21 heavy (non-hydrogen) atoms. The number of anilines is 1. The van der Waals surface area contributed by atoms with Gasteiger partial charge in [-0.25, -0.2) is 4.98 Å². The van der Waals surface area contributed by atoms with Crippen molar-refractivity contribution < 1.29 is 9.53 Å². The van der Waals surface area contributed by atoms with Gasteiger partial charge in [-0.15, -0.1) is 0 Å². The highest BCUT2D eigenvalue weighted by Gasteiger charge is 2.08. The monoisotopic (exact) mass is 304 g/mol. The fourth-order valence-electron chi connectivity index (χ4n) is 1.71. The van der Waals surface area contributed by atoms with Crippen molar-refractivity contribution in [2.45, 2.75) is 26.4 Å². The number of hydrogen-bond donors (Lipinski definition) is 1. The van der Waals surface area contributed by atoms with Crippen LogP contribution in [0.1, 0.15) is 30.6 Å². The van der Waals surface area contributed by atoms with E-state index in [1.165, 1.54) is 12.3 Å². The van der Waals surface area contributed by atoms with E-state index in [-0.39, 0.29) is 17.2 Å². The van der Waals surface area contributed by atoms with Gasteiger partial charge in [-0.1, -0.05) is 24.6 Å². The Labute approximate surface area is 129 Å². The standard InChI is InChI=1S/C16H17ClN2O2/c1-3-11(2)21-14-6-4-5-13(10-14)19-16(20)12-7-8-18-15(17)9-12/h4-11H,3H2,1-2H3,(H,19,20). The predicted octanol–water partition coefficient (Wildman–Crippen LogP) is 4.16. The van der Waals surface area contributed by atoms with Crippen molar-refractivity contribution in [3.63, 3.8) is 0 Å². The fourth-order valence-corrected chi connectivity index (χ4v) is 1.88. The molecule has 0 bridgehead atoms. The molecule has 1 unspecified atom stereocenters. The van der Waals surface area contributed by atoms with Gasteiger partial charge in [-0.3, -0.25) is 4.79 Å². The molecular weight excluding hydrogens is 288 g/mol. The van der Waals surface area contributed by atoms with Crippen LogP contribution in [0.25, 0.3) is 0 Å². The molecule has 0 radical (unpaired) electrons. The summed E-state index contributed by atoms with van der Waals surface area (Å²) in [5.41, 5.74) is 1.14. The van der Waals surface area contributed by atoms with Gasteiger partial charge in [-0.2, -0.15) is 0 Å². The average molecular weight is 305 g/mol. The van der Waals surface area contributed by atoms with E-state index in [0.29, 0.717) is 11.3 Å². The molecule has 1 aromatic heterocycles. The predicted molar refractivity (Wildman–Crippen MR) is 84.0 cm³/mol. The molecule has 2 aromatic rings. The van der Waals surface area contributed by atoms with E-state index in [2.05, 4.69) is 17.2 Å². The third-order valence-corrected chi connectivity index (χ3v) is 3.20. The summed E-state index contributed by atoms with van der Waals surface area (Å²) in [5, 5.41) is 3.10. The lowest BCUT2D eigenvalue weighted by atomic mass is 10.2. The van der Waals surface area contributed by atoms with Crippen molar-refractivity contribution in [2.24, 2.45) is 0 Å². The molecule has 0 fully saturated rings. The number of nitrogens with zero attached hydrogens (tertiary/aromatic N) is 1. The Bertz CT molecular complexity index is 631. The summed E-state index contributed by atoms with van der Waals surface area (Å²) in [5.74, 6) is 0.495. The minimum Gasteiger partial charge on any atom is -0.491 e. The van der Waals surface area contributed by atoms with E-state index in [9.17, 15) is 4.79 Å². The van der Waals surface area contributed by atoms with Gasteiger partial charge in [0.15, 0.2) is 0 Å². The summed E-state index contributed by atoms with van der Waals surface area (Å²) in [4.78, 5) is 16.0. The molecule has 110 valence electrons. The number of amides is 1. The smallest absolute Gasteiger partial charge is 0.255 e. The summed E-state index contributed by atoms with van der Waals surface area (Å²) in [6.07, 6.45) is 2.56. The molecule has 1 aromatic carbocycles. The molecule has 1 atom stereocenters. The Morgan fingerprint density at radius 2 is 2.19 bits per heavy atom. The van der Waals surface area contributed by atoms with Crippen LogP contribution in [0.2, 0.25) is 5.15 Å². The Morgan fingerprint density at radius 1 is 1.38 bits per heavy atom. The lowest BCUT2D eigenvalue weighted by Crippen LogP contribution is -2.13. The first-order valence-electron chi connectivity index (χ1n) is 6.78. The maximum atomic E-state index is 12.1. The first kappa shape index (κ1) is 15.3. The second kappa shape index (κ2) is 7.09. The highest BCUT2D eigenvalue weighted by Crippen LogP contribution is 2.20. The minimum atomic E-state index is -0.236. The van der Waals surface area contributed by atoms with Crippen molar-refractivity contribution >= 4 is 23.2 Å². The summed E-state index contributed by atoms with van der Waals surface area (Å²) < 4.78 is 5.73. The molecular formula is C16H17ClN2O2. The molecule has 0 aliphatic carbocycles. The molecule has 0 aliphatic heterocycles. The number of hydrogen-bond acceptors (Lipinski definition) is 3. The number of aromatic nitrogens is 1. The second-order valence-corrected chi connectivity index (χ2v) is 5.07. The van der Waals surface area contributed by atoms with Crippen LogP contribution in [0.15, 0.2) is 42.6 Å². The molecule has 0 aliphatic rings. The van der Waals surface area contributed by atoms with E-state index in [1.807, 2.05) is 25.1 Å². The first-order chi connectivity index (χ1) is 10.1. The van der Waals surface area contributed by atoms with Crippen LogP contribution in [0, 0.1) is 0 Å². The van der Waals surface area contributed by atoms with Crippen molar-refractivity contribution in [1.82, 2.24) is 4.98 Å². The van der Waals surface area contributed by atoms with Crippen molar-refractivity contribution in [3.05, 3.63) is 53.3 Å². The number of halogens is 1. The first-order valence-corrected chi connectivity index (χ1v) is 7.16. The van der Waals surface area contributed by atoms with Gasteiger partial charge >= 0.3 is 0 Å². The van der Waals surface area contributed by atoms with Crippen LogP contribution < -0.4 is 10.1 Å².